The second-order valence-electron chi connectivity index (χ2n) is 4.02. The number of rotatable bonds is 0. The van der Waals surface area contributed by atoms with Gasteiger partial charge >= 0.3 is 0 Å². The van der Waals surface area contributed by atoms with Gasteiger partial charge in [0.15, 0.2) is 0 Å². The van der Waals surface area contributed by atoms with Crippen molar-refractivity contribution in [2.75, 3.05) is 27.2 Å². The van der Waals surface area contributed by atoms with Gasteiger partial charge in [0.05, 0.1) is 0 Å². The molecule has 2 aliphatic rings. The lowest BCUT2D eigenvalue weighted by atomic mass is 10.6. The minimum atomic E-state index is -3.19. The maximum Gasteiger partial charge on any atom is 0.257 e. The fraction of sp³-hybridized carbons (Fsp3) is 1.00. The zero-order valence-corrected chi connectivity index (χ0v) is 18.3. The first-order valence-corrected chi connectivity index (χ1v) is 17.2. The Bertz CT molecular complexity index is 624. The first-order chi connectivity index (χ1) is 8.88. The van der Waals surface area contributed by atoms with Gasteiger partial charge in [-0.1, -0.05) is 0 Å². The molecule has 2 aliphatic heterocycles. The topological polar surface area (TPSA) is 55.9 Å². The lowest BCUT2D eigenvalue weighted by Crippen LogP contribution is -2.10. The molecule has 1 spiro atoms. The molecule has 118 valence electrons. The Hall–Kier alpha value is 2.58. The second-order valence-corrected chi connectivity index (χ2v) is 22.1. The van der Waals surface area contributed by atoms with Crippen LogP contribution >= 0.6 is 92.7 Å². The van der Waals surface area contributed by atoms with Crippen LogP contribution in [-0.2, 0) is 0 Å². The third kappa shape index (κ3) is 4.15. The lowest BCUT2D eigenvalue weighted by Gasteiger charge is -2.30. The molecule has 2 rings (SSSR count). The number of hydrogen-bond acceptors (Lipinski definition) is 6. The van der Waals surface area contributed by atoms with Crippen LogP contribution in [0.1, 0.15) is 0 Å². The predicted molar refractivity (Wildman–Crippen MR) is 97.8 cm³/mol. The molecule has 0 aromatic rings. The van der Waals surface area contributed by atoms with E-state index in [-0.39, 0.29) is 0 Å². The van der Waals surface area contributed by atoms with E-state index in [9.17, 15) is 0 Å². The van der Waals surface area contributed by atoms with Crippen LogP contribution < -0.4 is 0 Å². The SMILES string of the molecule is CN1CCN(C)P12=NP(Cl)(Cl)=NP(Cl)(Cl)=NP(Cl)(Cl)=N2. The number of likely N-dealkylation sites (N-methyl/N-ethyl adjacent to an activating group) is 2. The molecule has 0 atom stereocenters. The van der Waals surface area contributed by atoms with Gasteiger partial charge in [-0.2, -0.15) is 18.1 Å². The molecule has 0 saturated carbocycles. The lowest BCUT2D eigenvalue weighted by molar-refractivity contribution is 0.553. The van der Waals surface area contributed by atoms with Crippen LogP contribution in [0.5, 0.6) is 0 Å². The third-order valence-corrected chi connectivity index (χ3v) is 19.2. The van der Waals surface area contributed by atoms with Crippen molar-refractivity contribution in [1.29, 1.82) is 0 Å². The molecule has 6 nitrogen and oxygen atoms in total. The van der Waals surface area contributed by atoms with E-state index in [1.165, 1.54) is 0 Å². The van der Waals surface area contributed by atoms with Gasteiger partial charge in [0, 0.05) is 13.1 Å². The zero-order chi connectivity index (χ0) is 15.4. The normalized spacial score (nSPS) is 31.4. The third-order valence-electron chi connectivity index (χ3n) is 2.55. The molecule has 16 heteroatoms. The monoisotopic (exact) mass is 476 g/mol. The average Bonchev–Trinajstić information content (AvgIpc) is 2.39. The van der Waals surface area contributed by atoms with Crippen LogP contribution in [0.3, 0.4) is 0 Å². The maximum atomic E-state index is 6.21. The van der Waals surface area contributed by atoms with Gasteiger partial charge in [0.25, 0.3) is 17.7 Å². The van der Waals surface area contributed by atoms with Gasteiger partial charge in [-0.15, -0.1) is 0 Å². The van der Waals surface area contributed by atoms with E-state index >= 15 is 0 Å². The van der Waals surface area contributed by atoms with E-state index in [0.717, 1.165) is 13.1 Å². The van der Waals surface area contributed by atoms with Gasteiger partial charge in [0.2, 0.25) is 7.51 Å². The van der Waals surface area contributed by atoms with Crippen LogP contribution in [0.15, 0.2) is 18.1 Å². The zero-order valence-electron chi connectivity index (χ0n) is 10.2. The molecule has 0 radical (unpaired) electrons. The minimum absolute atomic E-state index is 0.737. The highest BCUT2D eigenvalue weighted by Gasteiger charge is 2.41. The molecule has 1 fully saturated rings. The quantitative estimate of drug-likeness (QED) is 0.330. The summed E-state index contributed by atoms with van der Waals surface area (Å²) in [5.41, 5.74) is 0. The summed E-state index contributed by atoms with van der Waals surface area (Å²) in [6.07, 6.45) is 0. The van der Waals surface area contributed by atoms with Crippen molar-refractivity contribution in [2.45, 2.75) is 0 Å². The largest absolute Gasteiger partial charge is 0.257 e. The summed E-state index contributed by atoms with van der Waals surface area (Å²) < 4.78 is 20.8. The fourth-order valence-corrected chi connectivity index (χ4v) is 24.2. The highest BCUT2D eigenvalue weighted by molar-refractivity contribution is 8.23. The Morgan fingerprint density at radius 1 is 0.650 bits per heavy atom. The molecule has 1 saturated heterocycles. The molecule has 0 aromatic carbocycles. The Morgan fingerprint density at radius 3 is 1.45 bits per heavy atom. The average molecular weight is 479 g/mol. The molecule has 0 N–H and O–H groups in total. The van der Waals surface area contributed by atoms with Crippen LogP contribution in [0, 0.1) is 0 Å². The molecule has 0 aliphatic carbocycles. The Morgan fingerprint density at radius 2 is 1.00 bits per heavy atom. The van der Waals surface area contributed by atoms with E-state index in [0.29, 0.717) is 0 Å². The van der Waals surface area contributed by atoms with Crippen molar-refractivity contribution in [2.24, 2.45) is 18.1 Å². The highest BCUT2D eigenvalue weighted by Crippen LogP contribution is 2.87. The molecule has 0 amide bonds. The van der Waals surface area contributed by atoms with Crippen molar-refractivity contribution < 1.29 is 0 Å². The summed E-state index contributed by atoms with van der Waals surface area (Å²) in [6, 6.07) is 0. The first-order valence-electron chi connectivity index (χ1n) is 5.04. The van der Waals surface area contributed by atoms with E-state index in [2.05, 4.69) is 18.1 Å². The van der Waals surface area contributed by atoms with E-state index in [1.807, 2.05) is 23.4 Å². The Kier molecular flexibility index (Phi) is 5.81. The Labute approximate surface area is 146 Å². The number of hydrogen-bond donors (Lipinski definition) is 0. The Balaban J connectivity index is 2.84. The highest BCUT2D eigenvalue weighted by atomic mass is 35.9. The van der Waals surface area contributed by atoms with Gasteiger partial charge in [-0.05, 0) is 81.5 Å². The molecule has 0 unspecified atom stereocenters. The van der Waals surface area contributed by atoms with Gasteiger partial charge < -0.3 is 0 Å². The van der Waals surface area contributed by atoms with Crippen molar-refractivity contribution in [3.8, 4) is 0 Å². The van der Waals surface area contributed by atoms with Crippen molar-refractivity contribution in [1.82, 2.24) is 9.34 Å². The van der Waals surface area contributed by atoms with E-state index < -0.39 is 25.2 Å². The molecular formula is C4H10Cl6N6P4. The molecule has 0 aromatic heterocycles. The summed E-state index contributed by atoms with van der Waals surface area (Å²) in [6.45, 7) is 1.47. The first kappa shape index (κ1) is 18.9. The number of halogens is 6. The summed E-state index contributed by atoms with van der Waals surface area (Å²) in [5.74, 6) is -9.42. The summed E-state index contributed by atoms with van der Waals surface area (Å²) in [7, 11) is 1.12. The van der Waals surface area contributed by atoms with Crippen molar-refractivity contribution >= 4 is 92.7 Å². The molecule has 0 bridgehead atoms. The van der Waals surface area contributed by atoms with Gasteiger partial charge in [0.1, 0.15) is 0 Å². The van der Waals surface area contributed by atoms with Crippen molar-refractivity contribution in [3.05, 3.63) is 0 Å². The second kappa shape index (κ2) is 6.14. The summed E-state index contributed by atoms with van der Waals surface area (Å²) >= 11 is 36.9. The number of nitrogens with zero attached hydrogens (tertiary/aromatic N) is 6. The van der Waals surface area contributed by atoms with Gasteiger partial charge in [-0.3, -0.25) is 0 Å². The van der Waals surface area contributed by atoms with Gasteiger partial charge in [-0.25, -0.2) is 9.34 Å². The summed E-state index contributed by atoms with van der Waals surface area (Å²) in [4.78, 5) is 0. The maximum absolute atomic E-state index is 6.21. The minimum Gasteiger partial charge on any atom is -0.241 e. The van der Waals surface area contributed by atoms with Crippen LogP contribution in [0.4, 0.5) is 0 Å². The molecule has 20 heavy (non-hydrogen) atoms. The molecular weight excluding hydrogens is 469 g/mol. The smallest absolute Gasteiger partial charge is 0.241 e. The van der Waals surface area contributed by atoms with Crippen LogP contribution in [0.25, 0.3) is 0 Å². The standard InChI is InChI=1S/C4H10Cl6N6P4/c1-15-3-4-16(2)20(15)13-18(7,8)11-17(5,6)12-19(9,10)14-20/h3-4H2,1-2H3. The molecule has 2 heterocycles. The van der Waals surface area contributed by atoms with Crippen LogP contribution in [-0.4, -0.2) is 36.5 Å². The summed E-state index contributed by atoms with van der Waals surface area (Å²) in [5, 5.41) is 0. The van der Waals surface area contributed by atoms with E-state index in [4.69, 9.17) is 67.4 Å². The fourth-order valence-electron chi connectivity index (χ4n) is 1.71. The van der Waals surface area contributed by atoms with Crippen LogP contribution in [0.2, 0.25) is 0 Å². The predicted octanol–water partition coefficient (Wildman–Crippen LogP) is 8.09. The van der Waals surface area contributed by atoms with E-state index in [1.54, 1.807) is 0 Å². The van der Waals surface area contributed by atoms with Crippen molar-refractivity contribution in [3.63, 3.8) is 0 Å².